The van der Waals surface area contributed by atoms with Crippen LogP contribution in [0.4, 0.5) is 5.69 Å². The summed E-state index contributed by atoms with van der Waals surface area (Å²) < 4.78 is 2.94. The van der Waals surface area contributed by atoms with Crippen LogP contribution in [0.3, 0.4) is 0 Å². The molecular formula is C14H13BrN4. The molecule has 4 nitrogen and oxygen atoms in total. The van der Waals surface area contributed by atoms with Gasteiger partial charge < -0.3 is 4.90 Å². The van der Waals surface area contributed by atoms with Crippen LogP contribution in [0, 0.1) is 0 Å². The monoisotopic (exact) mass is 316 g/mol. The second-order valence-electron chi connectivity index (χ2n) is 4.47. The summed E-state index contributed by atoms with van der Waals surface area (Å²) >= 11 is 3.56. The number of rotatable bonds is 2. The van der Waals surface area contributed by atoms with Crippen molar-refractivity contribution in [3.8, 4) is 11.4 Å². The molecule has 0 saturated carbocycles. The minimum absolute atomic E-state index is 0.851. The van der Waals surface area contributed by atoms with Gasteiger partial charge in [0, 0.05) is 38.2 Å². The fraction of sp³-hybridized carbons (Fsp3) is 0.143. The molecule has 0 aromatic carbocycles. The van der Waals surface area contributed by atoms with Gasteiger partial charge in [0.15, 0.2) is 0 Å². The molecule has 0 aliphatic rings. The largest absolute Gasteiger partial charge is 0.376 e. The lowest BCUT2D eigenvalue weighted by atomic mass is 10.2. The van der Waals surface area contributed by atoms with Crippen LogP contribution in [0.15, 0.2) is 47.5 Å². The Labute approximate surface area is 119 Å². The number of hydrogen-bond acceptors (Lipinski definition) is 3. The number of fused-ring (bicyclic) bond motifs is 1. The van der Waals surface area contributed by atoms with Crippen molar-refractivity contribution in [3.05, 3.63) is 47.5 Å². The van der Waals surface area contributed by atoms with E-state index in [9.17, 15) is 0 Å². The van der Waals surface area contributed by atoms with Gasteiger partial charge in [-0.25, -0.2) is 4.98 Å². The molecule has 96 valence electrons. The zero-order valence-electron chi connectivity index (χ0n) is 10.7. The van der Waals surface area contributed by atoms with Gasteiger partial charge in [0.05, 0.1) is 5.69 Å². The van der Waals surface area contributed by atoms with E-state index < -0.39 is 0 Å². The minimum atomic E-state index is 0.851. The molecule has 0 saturated heterocycles. The lowest BCUT2D eigenvalue weighted by molar-refractivity contribution is 1.10. The average Bonchev–Trinajstić information content (AvgIpc) is 2.77. The molecule has 0 atom stereocenters. The normalized spacial score (nSPS) is 10.9. The highest BCUT2D eigenvalue weighted by atomic mass is 79.9. The van der Waals surface area contributed by atoms with Crippen molar-refractivity contribution in [2.75, 3.05) is 19.0 Å². The highest BCUT2D eigenvalue weighted by molar-refractivity contribution is 9.10. The molecule has 0 unspecified atom stereocenters. The van der Waals surface area contributed by atoms with Crippen LogP contribution in [-0.2, 0) is 0 Å². The van der Waals surface area contributed by atoms with E-state index in [2.05, 4.69) is 41.3 Å². The first kappa shape index (κ1) is 12.2. The van der Waals surface area contributed by atoms with E-state index in [-0.39, 0.29) is 0 Å². The number of nitrogens with zero attached hydrogens (tertiary/aromatic N) is 4. The van der Waals surface area contributed by atoms with Crippen LogP contribution >= 0.6 is 15.9 Å². The van der Waals surface area contributed by atoms with Gasteiger partial charge in [0.2, 0.25) is 0 Å². The van der Waals surface area contributed by atoms with E-state index in [0.717, 1.165) is 27.2 Å². The van der Waals surface area contributed by atoms with Crippen molar-refractivity contribution in [2.45, 2.75) is 0 Å². The number of halogens is 1. The Hall–Kier alpha value is -1.88. The van der Waals surface area contributed by atoms with Crippen LogP contribution < -0.4 is 4.90 Å². The molecule has 19 heavy (non-hydrogen) atoms. The van der Waals surface area contributed by atoms with Gasteiger partial charge in [0.25, 0.3) is 0 Å². The summed E-state index contributed by atoms with van der Waals surface area (Å²) in [6.07, 6.45) is 5.58. The van der Waals surface area contributed by atoms with Gasteiger partial charge in [-0.15, -0.1) is 0 Å². The third kappa shape index (κ3) is 2.00. The fourth-order valence-corrected chi connectivity index (χ4v) is 2.71. The van der Waals surface area contributed by atoms with E-state index in [1.165, 1.54) is 0 Å². The summed E-state index contributed by atoms with van der Waals surface area (Å²) in [7, 11) is 4.06. The SMILES string of the molecule is CN(C)c1cccn2c(-c3ccncc3)nc(Br)c12. The first-order valence-corrected chi connectivity index (χ1v) is 6.72. The van der Waals surface area contributed by atoms with E-state index in [4.69, 9.17) is 0 Å². The molecule has 0 aliphatic carbocycles. The number of pyridine rings is 2. The first-order chi connectivity index (χ1) is 9.18. The Bertz CT molecular complexity index is 719. The molecular weight excluding hydrogens is 304 g/mol. The third-order valence-corrected chi connectivity index (χ3v) is 3.57. The molecule has 0 radical (unpaired) electrons. The topological polar surface area (TPSA) is 33.4 Å². The smallest absolute Gasteiger partial charge is 0.146 e. The maximum absolute atomic E-state index is 4.63. The van der Waals surface area contributed by atoms with Gasteiger partial charge in [0.1, 0.15) is 15.9 Å². The highest BCUT2D eigenvalue weighted by Gasteiger charge is 2.14. The van der Waals surface area contributed by atoms with E-state index >= 15 is 0 Å². The molecule has 3 aromatic heterocycles. The van der Waals surface area contributed by atoms with Crippen molar-refractivity contribution in [1.29, 1.82) is 0 Å². The summed E-state index contributed by atoms with van der Waals surface area (Å²) in [5.74, 6) is 0.910. The van der Waals surface area contributed by atoms with Crippen LogP contribution in [0.2, 0.25) is 0 Å². The molecule has 3 heterocycles. The van der Waals surface area contributed by atoms with E-state index in [1.54, 1.807) is 12.4 Å². The predicted octanol–water partition coefficient (Wildman–Crippen LogP) is 3.22. The van der Waals surface area contributed by atoms with Crippen molar-refractivity contribution < 1.29 is 0 Å². The molecule has 3 aromatic rings. The number of hydrogen-bond donors (Lipinski definition) is 0. The highest BCUT2D eigenvalue weighted by Crippen LogP contribution is 2.31. The van der Waals surface area contributed by atoms with Gasteiger partial charge in [-0.05, 0) is 40.2 Å². The molecule has 0 bridgehead atoms. The van der Waals surface area contributed by atoms with Crippen LogP contribution in [0.1, 0.15) is 0 Å². The molecule has 0 N–H and O–H groups in total. The summed E-state index contributed by atoms with van der Waals surface area (Å²) in [4.78, 5) is 10.8. The summed E-state index contributed by atoms with van der Waals surface area (Å²) in [6.45, 7) is 0. The van der Waals surface area contributed by atoms with Gasteiger partial charge >= 0.3 is 0 Å². The molecule has 0 amide bonds. The number of anilines is 1. The van der Waals surface area contributed by atoms with Crippen LogP contribution in [0.5, 0.6) is 0 Å². The molecule has 0 aliphatic heterocycles. The van der Waals surface area contributed by atoms with Crippen molar-refractivity contribution in [3.63, 3.8) is 0 Å². The third-order valence-electron chi connectivity index (χ3n) is 3.02. The van der Waals surface area contributed by atoms with E-state index in [1.807, 2.05) is 38.5 Å². The zero-order chi connectivity index (χ0) is 13.4. The lowest BCUT2D eigenvalue weighted by Gasteiger charge is -2.14. The minimum Gasteiger partial charge on any atom is -0.376 e. The standard InChI is InChI=1S/C14H13BrN4/c1-18(2)11-4-3-9-19-12(11)13(15)17-14(19)10-5-7-16-8-6-10/h3-9H,1-2H3. The van der Waals surface area contributed by atoms with Crippen molar-refractivity contribution in [1.82, 2.24) is 14.4 Å². The van der Waals surface area contributed by atoms with Gasteiger partial charge in [-0.1, -0.05) is 0 Å². The Balaban J connectivity index is 2.32. The number of aromatic nitrogens is 3. The Morgan fingerprint density at radius 2 is 1.89 bits per heavy atom. The first-order valence-electron chi connectivity index (χ1n) is 5.93. The summed E-state index contributed by atoms with van der Waals surface area (Å²) in [5, 5.41) is 0. The second kappa shape index (κ2) is 4.66. The van der Waals surface area contributed by atoms with Gasteiger partial charge in [-0.3, -0.25) is 9.38 Å². The quantitative estimate of drug-likeness (QED) is 0.728. The molecule has 3 rings (SSSR count). The van der Waals surface area contributed by atoms with Gasteiger partial charge in [-0.2, -0.15) is 0 Å². The second-order valence-corrected chi connectivity index (χ2v) is 5.22. The Morgan fingerprint density at radius 1 is 1.16 bits per heavy atom. The van der Waals surface area contributed by atoms with Crippen LogP contribution in [0.25, 0.3) is 16.9 Å². The summed E-state index contributed by atoms with van der Waals surface area (Å²) in [5.41, 5.74) is 3.24. The maximum Gasteiger partial charge on any atom is 0.146 e. The van der Waals surface area contributed by atoms with Crippen molar-refractivity contribution >= 4 is 27.1 Å². The Morgan fingerprint density at radius 3 is 2.58 bits per heavy atom. The molecule has 0 spiro atoms. The summed E-state index contributed by atoms with van der Waals surface area (Å²) in [6, 6.07) is 8.03. The van der Waals surface area contributed by atoms with Crippen molar-refractivity contribution in [2.24, 2.45) is 0 Å². The predicted molar refractivity (Wildman–Crippen MR) is 80.5 cm³/mol. The number of imidazole rings is 1. The Kier molecular flexibility index (Phi) is 2.98. The lowest BCUT2D eigenvalue weighted by Crippen LogP contribution is -2.09. The maximum atomic E-state index is 4.63. The average molecular weight is 317 g/mol. The molecule has 5 heteroatoms. The van der Waals surface area contributed by atoms with Crippen LogP contribution in [-0.4, -0.2) is 28.5 Å². The molecule has 0 fully saturated rings. The zero-order valence-corrected chi connectivity index (χ0v) is 12.3. The van der Waals surface area contributed by atoms with E-state index in [0.29, 0.717) is 0 Å². The fourth-order valence-electron chi connectivity index (χ4n) is 2.14.